The van der Waals surface area contributed by atoms with E-state index in [2.05, 4.69) is 0 Å². The molecule has 0 aromatic rings. The van der Waals surface area contributed by atoms with E-state index in [1.54, 1.807) is 0 Å². The summed E-state index contributed by atoms with van der Waals surface area (Å²) in [6.07, 6.45) is 6.73. The molecule has 0 amide bonds. The first kappa shape index (κ1) is 4.68. The van der Waals surface area contributed by atoms with Gasteiger partial charge < -0.3 is 0 Å². The van der Waals surface area contributed by atoms with Gasteiger partial charge in [0.05, 0.1) is 0 Å². The van der Waals surface area contributed by atoms with E-state index >= 15 is 0 Å². The summed E-state index contributed by atoms with van der Waals surface area (Å²) in [4.78, 5) is 0. The average Bonchev–Trinajstić information content (AvgIpc) is 2.52. The summed E-state index contributed by atoms with van der Waals surface area (Å²) in [5.74, 6) is 0. The standard InChI is InChI=1S/C7H11O/c1-2-4-7(5-3-1)6-8-7/h6H,1-5H2/q+1. The molecule has 2 rings (SSSR count). The van der Waals surface area contributed by atoms with Crippen molar-refractivity contribution in [2.75, 3.05) is 0 Å². The molecule has 44 valence electrons. The van der Waals surface area contributed by atoms with Crippen LogP contribution in [0.3, 0.4) is 0 Å². The van der Waals surface area contributed by atoms with Gasteiger partial charge in [0, 0.05) is 12.8 Å². The third-order valence-electron chi connectivity index (χ3n) is 2.15. The zero-order valence-electron chi connectivity index (χ0n) is 5.02. The van der Waals surface area contributed by atoms with Crippen molar-refractivity contribution in [2.45, 2.75) is 37.7 Å². The van der Waals surface area contributed by atoms with Crippen molar-refractivity contribution < 1.29 is 4.74 Å². The molecular formula is C7H11O+. The first-order chi connectivity index (χ1) is 3.91. The second-order valence-electron chi connectivity index (χ2n) is 2.86. The molecule has 0 bridgehead atoms. The SMILES string of the molecule is [CH+]1OC12CCCCC2. The van der Waals surface area contributed by atoms with Crippen molar-refractivity contribution in [1.82, 2.24) is 0 Å². The molecule has 1 saturated heterocycles. The average molecular weight is 111 g/mol. The highest BCUT2D eigenvalue weighted by molar-refractivity contribution is 5.03. The zero-order valence-corrected chi connectivity index (χ0v) is 5.02. The third-order valence-corrected chi connectivity index (χ3v) is 2.15. The number of ether oxygens (including phenoxy) is 1. The van der Waals surface area contributed by atoms with Crippen molar-refractivity contribution >= 4 is 0 Å². The molecular weight excluding hydrogens is 100 g/mol. The largest absolute Gasteiger partial charge is 0.284 e. The summed E-state index contributed by atoms with van der Waals surface area (Å²) < 4.78 is 5.21. The highest BCUT2D eigenvalue weighted by Crippen LogP contribution is 2.45. The van der Waals surface area contributed by atoms with Gasteiger partial charge in [-0.05, 0) is 12.8 Å². The fourth-order valence-electron chi connectivity index (χ4n) is 1.47. The lowest BCUT2D eigenvalue weighted by Crippen LogP contribution is -2.13. The van der Waals surface area contributed by atoms with Gasteiger partial charge in [-0.3, -0.25) is 0 Å². The van der Waals surface area contributed by atoms with E-state index in [0.29, 0.717) is 5.60 Å². The Morgan fingerprint density at radius 2 is 1.75 bits per heavy atom. The maximum absolute atomic E-state index is 5.21. The fourth-order valence-corrected chi connectivity index (χ4v) is 1.47. The van der Waals surface area contributed by atoms with Gasteiger partial charge in [0.1, 0.15) is 0 Å². The van der Waals surface area contributed by atoms with Crippen LogP contribution >= 0.6 is 0 Å². The van der Waals surface area contributed by atoms with Crippen LogP contribution in [0.1, 0.15) is 32.1 Å². The van der Waals surface area contributed by atoms with Crippen LogP contribution in [0.25, 0.3) is 0 Å². The van der Waals surface area contributed by atoms with Gasteiger partial charge in [0.25, 0.3) is 12.2 Å². The fraction of sp³-hybridized carbons (Fsp3) is 0.857. The van der Waals surface area contributed by atoms with Crippen LogP contribution in [-0.2, 0) is 4.74 Å². The minimum absolute atomic E-state index is 0.304. The molecule has 1 nitrogen and oxygen atoms in total. The van der Waals surface area contributed by atoms with Crippen molar-refractivity contribution in [3.63, 3.8) is 0 Å². The molecule has 2 fully saturated rings. The van der Waals surface area contributed by atoms with E-state index < -0.39 is 0 Å². The van der Waals surface area contributed by atoms with Crippen LogP contribution in [0.15, 0.2) is 0 Å². The lowest BCUT2D eigenvalue weighted by Gasteiger charge is -2.08. The summed E-state index contributed by atoms with van der Waals surface area (Å²) in [5.41, 5.74) is 0.304. The molecule has 1 aliphatic heterocycles. The van der Waals surface area contributed by atoms with Crippen molar-refractivity contribution in [1.29, 1.82) is 0 Å². The number of rotatable bonds is 0. The second kappa shape index (κ2) is 1.41. The molecule has 2 aliphatic rings. The molecule has 1 heterocycles. The molecule has 1 aliphatic carbocycles. The smallest absolute Gasteiger partial charge is 0.135 e. The molecule has 1 spiro atoms. The molecule has 0 N–H and O–H groups in total. The Morgan fingerprint density at radius 1 is 1.12 bits per heavy atom. The minimum atomic E-state index is 0.304. The van der Waals surface area contributed by atoms with E-state index in [-0.39, 0.29) is 0 Å². The van der Waals surface area contributed by atoms with E-state index in [9.17, 15) is 0 Å². The monoisotopic (exact) mass is 111 g/mol. The van der Waals surface area contributed by atoms with Crippen LogP contribution in [0.5, 0.6) is 0 Å². The molecule has 0 unspecified atom stereocenters. The Balaban J connectivity index is 1.95. The number of hydrogen-bond acceptors (Lipinski definition) is 1. The Morgan fingerprint density at radius 3 is 2.12 bits per heavy atom. The van der Waals surface area contributed by atoms with Gasteiger partial charge in [-0.25, -0.2) is 0 Å². The molecule has 0 aromatic heterocycles. The maximum atomic E-state index is 5.21. The van der Waals surface area contributed by atoms with Crippen LogP contribution in [0, 0.1) is 6.61 Å². The van der Waals surface area contributed by atoms with Crippen LogP contribution in [0.2, 0.25) is 0 Å². The maximum Gasteiger partial charge on any atom is 0.284 e. The lowest BCUT2D eigenvalue weighted by atomic mass is 9.90. The summed E-state index contributed by atoms with van der Waals surface area (Å²) in [6, 6.07) is 0. The molecule has 8 heavy (non-hydrogen) atoms. The quantitative estimate of drug-likeness (QED) is 0.343. The molecule has 1 heteroatoms. The van der Waals surface area contributed by atoms with Gasteiger partial charge in [0.15, 0.2) is 0 Å². The third kappa shape index (κ3) is 0.618. The molecule has 0 aromatic carbocycles. The summed E-state index contributed by atoms with van der Waals surface area (Å²) in [5, 5.41) is 0. The van der Waals surface area contributed by atoms with E-state index in [1.807, 2.05) is 6.61 Å². The Labute approximate surface area is 50.0 Å². The van der Waals surface area contributed by atoms with Gasteiger partial charge >= 0.3 is 0 Å². The van der Waals surface area contributed by atoms with Gasteiger partial charge in [-0.1, -0.05) is 6.42 Å². The Bertz CT molecular complexity index is 86.6. The van der Waals surface area contributed by atoms with Crippen molar-refractivity contribution in [3.05, 3.63) is 6.61 Å². The summed E-state index contributed by atoms with van der Waals surface area (Å²) in [6.45, 7) is 2.01. The summed E-state index contributed by atoms with van der Waals surface area (Å²) >= 11 is 0. The highest BCUT2D eigenvalue weighted by Gasteiger charge is 2.59. The van der Waals surface area contributed by atoms with Crippen LogP contribution in [-0.4, -0.2) is 5.60 Å². The van der Waals surface area contributed by atoms with Crippen molar-refractivity contribution in [3.8, 4) is 0 Å². The van der Waals surface area contributed by atoms with E-state index in [0.717, 1.165) is 0 Å². The van der Waals surface area contributed by atoms with Gasteiger partial charge in [-0.2, -0.15) is 0 Å². The topological polar surface area (TPSA) is 12.5 Å². The molecule has 0 atom stereocenters. The number of epoxide rings is 1. The predicted octanol–water partition coefficient (Wildman–Crippen LogP) is 1.88. The van der Waals surface area contributed by atoms with E-state index in [4.69, 9.17) is 4.74 Å². The van der Waals surface area contributed by atoms with Gasteiger partial charge in [-0.15, -0.1) is 4.74 Å². The van der Waals surface area contributed by atoms with Crippen molar-refractivity contribution in [2.24, 2.45) is 0 Å². The predicted molar refractivity (Wildman–Crippen MR) is 31.2 cm³/mol. The van der Waals surface area contributed by atoms with Crippen LogP contribution < -0.4 is 0 Å². The Kier molecular flexibility index (Phi) is 0.826. The van der Waals surface area contributed by atoms with E-state index in [1.165, 1.54) is 32.1 Å². The Hall–Kier alpha value is -0.170. The first-order valence-electron chi connectivity index (χ1n) is 3.44. The lowest BCUT2D eigenvalue weighted by molar-refractivity contribution is 0.238. The van der Waals surface area contributed by atoms with Gasteiger partial charge in [0.2, 0.25) is 0 Å². The molecule has 1 saturated carbocycles. The minimum Gasteiger partial charge on any atom is -0.135 e. The number of hydrogen-bond donors (Lipinski definition) is 0. The zero-order chi connectivity index (χ0) is 5.45. The highest BCUT2D eigenvalue weighted by atomic mass is 16.6. The first-order valence-corrected chi connectivity index (χ1v) is 3.44. The molecule has 0 radical (unpaired) electrons. The second-order valence-corrected chi connectivity index (χ2v) is 2.86. The van der Waals surface area contributed by atoms with Crippen LogP contribution in [0.4, 0.5) is 0 Å². The normalized spacial score (nSPS) is 32.0. The summed E-state index contributed by atoms with van der Waals surface area (Å²) in [7, 11) is 0.